The van der Waals surface area contributed by atoms with Crippen molar-refractivity contribution >= 4 is 45.5 Å². The number of carbonyl (C=O) groups excluding carboxylic acids is 1. The van der Waals surface area contributed by atoms with Crippen molar-refractivity contribution in [3.8, 4) is 0 Å². The molecule has 0 fully saturated rings. The number of anilines is 2. The maximum absolute atomic E-state index is 12.3. The zero-order valence-electron chi connectivity index (χ0n) is 13.2. The fourth-order valence-electron chi connectivity index (χ4n) is 2.55. The minimum atomic E-state index is -0.560. The lowest BCUT2D eigenvalue weighted by atomic mass is 10.1. The second-order valence-corrected chi connectivity index (χ2v) is 5.89. The average molecular weight is 356 g/mol. The molecule has 0 saturated heterocycles. The van der Waals surface area contributed by atoms with Crippen molar-refractivity contribution in [2.24, 2.45) is 0 Å². The summed E-state index contributed by atoms with van der Waals surface area (Å²) in [5, 5.41) is 18.3. The highest BCUT2D eigenvalue weighted by atomic mass is 35.5. The highest BCUT2D eigenvalue weighted by Gasteiger charge is 2.16. The van der Waals surface area contributed by atoms with Gasteiger partial charge in [0.25, 0.3) is 5.69 Å². The highest BCUT2D eigenvalue weighted by molar-refractivity contribution is 6.33. The van der Waals surface area contributed by atoms with Gasteiger partial charge in [-0.25, -0.2) is 4.79 Å². The van der Waals surface area contributed by atoms with Crippen LogP contribution >= 0.6 is 11.6 Å². The van der Waals surface area contributed by atoms with Gasteiger partial charge in [0.2, 0.25) is 0 Å². The summed E-state index contributed by atoms with van der Waals surface area (Å²) in [7, 11) is 0. The first-order valence-electron chi connectivity index (χ1n) is 7.46. The number of rotatable bonds is 3. The third kappa shape index (κ3) is 3.54. The van der Waals surface area contributed by atoms with Crippen molar-refractivity contribution in [1.29, 1.82) is 0 Å². The van der Waals surface area contributed by atoms with Crippen molar-refractivity contribution in [3.63, 3.8) is 0 Å². The van der Waals surface area contributed by atoms with Gasteiger partial charge in [-0.15, -0.1) is 0 Å². The third-order valence-corrected chi connectivity index (χ3v) is 4.08. The molecule has 0 aliphatic carbocycles. The van der Waals surface area contributed by atoms with Crippen LogP contribution in [0.25, 0.3) is 10.8 Å². The summed E-state index contributed by atoms with van der Waals surface area (Å²) in [6.45, 7) is 1.66. The molecule has 0 aromatic heterocycles. The topological polar surface area (TPSA) is 84.3 Å². The molecule has 0 heterocycles. The van der Waals surface area contributed by atoms with Crippen molar-refractivity contribution in [2.75, 3.05) is 10.6 Å². The molecule has 0 bridgehead atoms. The molecular formula is C18H14ClN3O3. The van der Waals surface area contributed by atoms with Gasteiger partial charge >= 0.3 is 6.03 Å². The monoisotopic (exact) mass is 355 g/mol. The lowest BCUT2D eigenvalue weighted by Crippen LogP contribution is -2.20. The van der Waals surface area contributed by atoms with Crippen LogP contribution in [0.5, 0.6) is 0 Å². The second kappa shape index (κ2) is 6.78. The summed E-state index contributed by atoms with van der Waals surface area (Å²) in [5.41, 5.74) is 1.43. The van der Waals surface area contributed by atoms with Gasteiger partial charge in [0.1, 0.15) is 5.02 Å². The van der Waals surface area contributed by atoms with Crippen molar-refractivity contribution < 1.29 is 9.72 Å². The molecule has 7 heteroatoms. The predicted molar refractivity (Wildman–Crippen MR) is 99.4 cm³/mol. The maximum atomic E-state index is 12.3. The van der Waals surface area contributed by atoms with Crippen LogP contribution in [0.3, 0.4) is 0 Å². The molecule has 0 aliphatic heterocycles. The number of nitrogens with zero attached hydrogens (tertiary/aromatic N) is 1. The van der Waals surface area contributed by atoms with Gasteiger partial charge in [0.05, 0.1) is 10.6 Å². The summed E-state index contributed by atoms with van der Waals surface area (Å²) in [4.78, 5) is 22.6. The largest absolute Gasteiger partial charge is 0.323 e. The van der Waals surface area contributed by atoms with Crippen LogP contribution in [-0.2, 0) is 0 Å². The van der Waals surface area contributed by atoms with E-state index in [0.29, 0.717) is 16.9 Å². The van der Waals surface area contributed by atoms with Gasteiger partial charge in [-0.2, -0.15) is 0 Å². The number of nitro benzene ring substituents is 1. The average Bonchev–Trinajstić information content (AvgIpc) is 2.58. The molecule has 0 radical (unpaired) electrons. The van der Waals surface area contributed by atoms with E-state index in [4.69, 9.17) is 11.6 Å². The Bertz CT molecular complexity index is 983. The van der Waals surface area contributed by atoms with Crippen molar-refractivity contribution in [3.05, 3.63) is 75.3 Å². The number of hydrogen-bond acceptors (Lipinski definition) is 3. The molecule has 3 aromatic rings. The Kier molecular flexibility index (Phi) is 4.54. The van der Waals surface area contributed by atoms with Crippen LogP contribution in [0.15, 0.2) is 54.6 Å². The number of benzene rings is 3. The van der Waals surface area contributed by atoms with E-state index >= 15 is 0 Å². The minimum absolute atomic E-state index is 0.0314. The first-order chi connectivity index (χ1) is 12.0. The van der Waals surface area contributed by atoms with Crippen LogP contribution in [-0.4, -0.2) is 11.0 Å². The molecule has 3 rings (SSSR count). The zero-order valence-corrected chi connectivity index (χ0v) is 14.0. The number of fused-ring (bicyclic) bond motifs is 1. The van der Waals surface area contributed by atoms with Gasteiger partial charge in [-0.05, 0) is 30.0 Å². The molecule has 2 N–H and O–H groups in total. The van der Waals surface area contributed by atoms with Gasteiger partial charge in [0, 0.05) is 17.1 Å². The molecule has 6 nitrogen and oxygen atoms in total. The number of nitro groups is 1. The predicted octanol–water partition coefficient (Wildman–Crippen LogP) is 5.35. The molecule has 3 aromatic carbocycles. The Morgan fingerprint density at radius 2 is 1.72 bits per heavy atom. The van der Waals surface area contributed by atoms with E-state index in [1.807, 2.05) is 36.4 Å². The molecule has 25 heavy (non-hydrogen) atoms. The molecule has 0 aliphatic rings. The van der Waals surface area contributed by atoms with Crippen LogP contribution in [0.2, 0.25) is 5.02 Å². The highest BCUT2D eigenvalue weighted by Crippen LogP contribution is 2.31. The van der Waals surface area contributed by atoms with Crippen LogP contribution in [0.4, 0.5) is 21.9 Å². The number of halogens is 1. The Labute approximate surface area is 148 Å². The first kappa shape index (κ1) is 16.7. The molecule has 126 valence electrons. The second-order valence-electron chi connectivity index (χ2n) is 5.48. The number of aryl methyl sites for hydroxylation is 1. The lowest BCUT2D eigenvalue weighted by molar-refractivity contribution is -0.384. The number of nitrogens with one attached hydrogen (secondary N) is 2. The van der Waals surface area contributed by atoms with E-state index in [1.54, 1.807) is 13.0 Å². The lowest BCUT2D eigenvalue weighted by Gasteiger charge is -2.12. The van der Waals surface area contributed by atoms with E-state index < -0.39 is 11.0 Å². The normalized spacial score (nSPS) is 10.5. The van der Waals surface area contributed by atoms with E-state index in [1.165, 1.54) is 12.1 Å². The summed E-state index contributed by atoms with van der Waals surface area (Å²) in [6.07, 6.45) is 0. The Morgan fingerprint density at radius 1 is 1.04 bits per heavy atom. The number of hydrogen-bond donors (Lipinski definition) is 2. The van der Waals surface area contributed by atoms with E-state index in [-0.39, 0.29) is 10.7 Å². The fraction of sp³-hybridized carbons (Fsp3) is 0.0556. The summed E-state index contributed by atoms with van der Waals surface area (Å²) < 4.78 is 0. The smallest absolute Gasteiger partial charge is 0.307 e. The van der Waals surface area contributed by atoms with Crippen molar-refractivity contribution in [1.82, 2.24) is 0 Å². The Morgan fingerprint density at radius 3 is 2.48 bits per heavy atom. The fourth-order valence-corrected chi connectivity index (χ4v) is 2.78. The number of carbonyl (C=O) groups is 1. The maximum Gasteiger partial charge on any atom is 0.323 e. The molecule has 0 atom stereocenters. The van der Waals surface area contributed by atoms with Gasteiger partial charge in [-0.3, -0.25) is 10.1 Å². The molecular weight excluding hydrogens is 342 g/mol. The molecule has 0 unspecified atom stereocenters. The quantitative estimate of drug-likeness (QED) is 0.490. The van der Waals surface area contributed by atoms with Crippen LogP contribution in [0.1, 0.15) is 5.56 Å². The van der Waals surface area contributed by atoms with E-state index in [2.05, 4.69) is 10.6 Å². The Balaban J connectivity index is 1.83. The van der Waals surface area contributed by atoms with Crippen LogP contribution in [0, 0.1) is 17.0 Å². The summed E-state index contributed by atoms with van der Waals surface area (Å²) in [6, 6.07) is 15.6. The third-order valence-electron chi connectivity index (χ3n) is 3.78. The summed E-state index contributed by atoms with van der Waals surface area (Å²) in [5.74, 6) is 0. The van der Waals surface area contributed by atoms with Gasteiger partial charge in [-0.1, -0.05) is 48.0 Å². The Hall–Kier alpha value is -3.12. The first-order valence-corrected chi connectivity index (χ1v) is 7.84. The van der Waals surface area contributed by atoms with E-state index in [9.17, 15) is 14.9 Å². The van der Waals surface area contributed by atoms with E-state index in [0.717, 1.165) is 10.8 Å². The number of urea groups is 1. The molecule has 0 spiro atoms. The molecule has 0 saturated carbocycles. The van der Waals surface area contributed by atoms with Gasteiger partial charge < -0.3 is 10.6 Å². The molecule has 2 amide bonds. The number of amides is 2. The standard InChI is InChI=1S/C18H14ClN3O3/c1-11-9-17(22(24)25)14(19)10-16(11)21-18(23)20-15-8-4-6-12-5-2-3-7-13(12)15/h2-10H,1H3,(H2,20,21,23). The summed E-state index contributed by atoms with van der Waals surface area (Å²) >= 11 is 5.90. The van der Waals surface area contributed by atoms with Crippen LogP contribution < -0.4 is 10.6 Å². The van der Waals surface area contributed by atoms with Gasteiger partial charge in [0.15, 0.2) is 0 Å². The minimum Gasteiger partial charge on any atom is -0.307 e. The van der Waals surface area contributed by atoms with Crippen molar-refractivity contribution in [2.45, 2.75) is 6.92 Å². The SMILES string of the molecule is Cc1cc([N+](=O)[O-])c(Cl)cc1NC(=O)Nc1cccc2ccccc12. The zero-order chi connectivity index (χ0) is 18.0.